The Morgan fingerprint density at radius 2 is 1.78 bits per heavy atom. The highest BCUT2D eigenvalue weighted by molar-refractivity contribution is 8.06. The Bertz CT molecular complexity index is 143. The van der Waals surface area contributed by atoms with E-state index < -0.39 is 0 Å². The van der Waals surface area contributed by atoms with Crippen molar-refractivity contribution < 1.29 is 0 Å². The molecule has 1 nitrogen and oxygen atoms in total. The lowest BCUT2D eigenvalue weighted by Gasteiger charge is -2.00. The fourth-order valence-corrected chi connectivity index (χ4v) is 1.03. The minimum absolute atomic E-state index is 0.878. The second-order valence-corrected chi connectivity index (χ2v) is 3.56. The van der Waals surface area contributed by atoms with Crippen LogP contribution in [0.15, 0.2) is 22.1 Å². The van der Waals surface area contributed by atoms with Crippen LogP contribution in [0.25, 0.3) is 0 Å². The van der Waals surface area contributed by atoms with Crippen LogP contribution >= 0.6 is 11.8 Å². The second-order valence-electron chi connectivity index (χ2n) is 2.04. The molecule has 52 valence electrons. The molecule has 0 aromatic heterocycles. The molecule has 0 amide bonds. The van der Waals surface area contributed by atoms with Crippen LogP contribution in [-0.2, 0) is 0 Å². The van der Waals surface area contributed by atoms with E-state index in [1.165, 1.54) is 0 Å². The molecule has 0 bridgehead atoms. The second kappa shape index (κ2) is 3.62. The molecule has 0 atom stereocenters. The van der Waals surface area contributed by atoms with Gasteiger partial charge < -0.3 is 5.73 Å². The number of hydrogen-bond acceptors (Lipinski definition) is 2. The van der Waals surface area contributed by atoms with E-state index in [-0.39, 0.29) is 0 Å². The third-order valence-electron chi connectivity index (χ3n) is 0.883. The minimum Gasteiger partial charge on any atom is -0.402 e. The number of nitrogens with two attached hydrogens (primary N) is 1. The van der Waals surface area contributed by atoms with Gasteiger partial charge in [-0.1, -0.05) is 18.3 Å². The molecule has 0 spiro atoms. The van der Waals surface area contributed by atoms with Crippen molar-refractivity contribution in [3.8, 4) is 0 Å². The Labute approximate surface area is 61.0 Å². The molecule has 0 unspecified atom stereocenters. The number of thioether (sulfide) groups is 1. The first-order chi connectivity index (χ1) is 4.04. The standard InChI is InChI=1S/C7H13NS/c1-5(2)9-7(4)6(3)8/h1,8H2,2-4H3/b7-6-. The maximum absolute atomic E-state index is 5.50. The van der Waals surface area contributed by atoms with E-state index >= 15 is 0 Å². The summed E-state index contributed by atoms with van der Waals surface area (Å²) in [6.45, 7) is 9.61. The molecule has 2 heteroatoms. The van der Waals surface area contributed by atoms with Crippen LogP contribution < -0.4 is 5.73 Å². The fraction of sp³-hybridized carbons (Fsp3) is 0.429. The molecule has 0 radical (unpaired) electrons. The summed E-state index contributed by atoms with van der Waals surface area (Å²) in [5.74, 6) is 0. The van der Waals surface area contributed by atoms with Gasteiger partial charge in [0.05, 0.1) is 0 Å². The van der Waals surface area contributed by atoms with Crippen LogP contribution in [0.4, 0.5) is 0 Å². The van der Waals surface area contributed by atoms with Crippen LogP contribution in [0.3, 0.4) is 0 Å². The Morgan fingerprint density at radius 1 is 1.33 bits per heavy atom. The molecule has 0 aliphatic rings. The molecular formula is C7H13NS. The Hall–Kier alpha value is -0.370. The third-order valence-corrected chi connectivity index (χ3v) is 1.86. The number of rotatable bonds is 2. The van der Waals surface area contributed by atoms with Gasteiger partial charge in [-0.05, 0) is 25.7 Å². The van der Waals surface area contributed by atoms with Crippen LogP contribution in [0.2, 0.25) is 0 Å². The van der Waals surface area contributed by atoms with Crippen molar-refractivity contribution in [2.75, 3.05) is 0 Å². The summed E-state index contributed by atoms with van der Waals surface area (Å²) in [4.78, 5) is 2.22. The minimum atomic E-state index is 0.878. The van der Waals surface area contributed by atoms with Crippen molar-refractivity contribution in [3.63, 3.8) is 0 Å². The predicted octanol–water partition coefficient (Wildman–Crippen LogP) is 2.46. The van der Waals surface area contributed by atoms with Gasteiger partial charge >= 0.3 is 0 Å². The molecule has 0 aromatic carbocycles. The summed E-state index contributed by atoms with van der Waals surface area (Å²) in [7, 11) is 0. The summed E-state index contributed by atoms with van der Waals surface area (Å²) >= 11 is 1.62. The Morgan fingerprint density at radius 3 is 1.89 bits per heavy atom. The van der Waals surface area contributed by atoms with Crippen molar-refractivity contribution in [2.24, 2.45) is 5.73 Å². The van der Waals surface area contributed by atoms with Gasteiger partial charge in [-0.15, -0.1) is 0 Å². The van der Waals surface area contributed by atoms with Crippen LogP contribution in [0.1, 0.15) is 20.8 Å². The maximum atomic E-state index is 5.50. The average Bonchev–Trinajstić information content (AvgIpc) is 1.63. The van der Waals surface area contributed by atoms with Crippen molar-refractivity contribution in [2.45, 2.75) is 20.8 Å². The van der Waals surface area contributed by atoms with Gasteiger partial charge in [0.15, 0.2) is 0 Å². The van der Waals surface area contributed by atoms with Crippen molar-refractivity contribution in [3.05, 3.63) is 22.1 Å². The van der Waals surface area contributed by atoms with Crippen molar-refractivity contribution >= 4 is 11.8 Å². The van der Waals surface area contributed by atoms with E-state index in [2.05, 4.69) is 6.58 Å². The molecule has 9 heavy (non-hydrogen) atoms. The molecule has 0 aliphatic carbocycles. The Kier molecular flexibility index (Phi) is 3.47. The summed E-state index contributed by atoms with van der Waals surface area (Å²) in [5, 5.41) is 0. The van der Waals surface area contributed by atoms with Gasteiger partial charge in [-0.3, -0.25) is 0 Å². The molecule has 0 fully saturated rings. The summed E-state index contributed by atoms with van der Waals surface area (Å²) in [5.41, 5.74) is 6.38. The molecule has 0 rings (SSSR count). The van der Waals surface area contributed by atoms with E-state index in [0.29, 0.717) is 0 Å². The zero-order chi connectivity index (χ0) is 7.44. The number of hydrogen-bond donors (Lipinski definition) is 1. The topological polar surface area (TPSA) is 26.0 Å². The van der Waals surface area contributed by atoms with E-state index in [1.807, 2.05) is 20.8 Å². The van der Waals surface area contributed by atoms with Crippen molar-refractivity contribution in [1.29, 1.82) is 0 Å². The normalized spacial score (nSPS) is 12.8. The van der Waals surface area contributed by atoms with Crippen LogP contribution in [0.5, 0.6) is 0 Å². The van der Waals surface area contributed by atoms with E-state index in [4.69, 9.17) is 5.73 Å². The maximum Gasteiger partial charge on any atom is 0.0146 e. The van der Waals surface area contributed by atoms with Gasteiger partial charge in [-0.25, -0.2) is 0 Å². The predicted molar refractivity (Wildman–Crippen MR) is 45.0 cm³/mol. The molecule has 0 heterocycles. The summed E-state index contributed by atoms with van der Waals surface area (Å²) in [6.07, 6.45) is 0. The highest BCUT2D eigenvalue weighted by Gasteiger charge is 1.92. The van der Waals surface area contributed by atoms with Gasteiger partial charge in [0.25, 0.3) is 0 Å². The van der Waals surface area contributed by atoms with E-state index in [1.54, 1.807) is 11.8 Å². The zero-order valence-corrected chi connectivity index (χ0v) is 7.01. The van der Waals surface area contributed by atoms with Crippen LogP contribution in [-0.4, -0.2) is 0 Å². The zero-order valence-electron chi connectivity index (χ0n) is 6.19. The molecule has 0 aromatic rings. The molecule has 0 aliphatic heterocycles. The van der Waals surface area contributed by atoms with E-state index in [9.17, 15) is 0 Å². The molecule has 0 saturated carbocycles. The Balaban J connectivity index is 3.92. The first-order valence-electron chi connectivity index (χ1n) is 2.80. The number of allylic oxidation sites excluding steroid dienone is 3. The van der Waals surface area contributed by atoms with Crippen molar-refractivity contribution in [1.82, 2.24) is 0 Å². The lowest BCUT2D eigenvalue weighted by Crippen LogP contribution is -1.92. The smallest absolute Gasteiger partial charge is 0.0146 e. The summed E-state index contributed by atoms with van der Waals surface area (Å²) < 4.78 is 0. The van der Waals surface area contributed by atoms with Gasteiger partial charge in [0.1, 0.15) is 0 Å². The first kappa shape index (κ1) is 8.63. The van der Waals surface area contributed by atoms with E-state index in [0.717, 1.165) is 15.5 Å². The first-order valence-corrected chi connectivity index (χ1v) is 3.62. The lowest BCUT2D eigenvalue weighted by atomic mass is 10.5. The summed E-state index contributed by atoms with van der Waals surface area (Å²) in [6, 6.07) is 0. The van der Waals surface area contributed by atoms with Crippen LogP contribution in [0, 0.1) is 0 Å². The quantitative estimate of drug-likeness (QED) is 0.642. The van der Waals surface area contributed by atoms with Gasteiger partial charge in [0.2, 0.25) is 0 Å². The van der Waals surface area contributed by atoms with Gasteiger partial charge in [0, 0.05) is 10.6 Å². The monoisotopic (exact) mass is 143 g/mol. The highest BCUT2D eigenvalue weighted by Crippen LogP contribution is 2.23. The average molecular weight is 143 g/mol. The molecule has 0 saturated heterocycles. The third kappa shape index (κ3) is 4.15. The highest BCUT2D eigenvalue weighted by atomic mass is 32.2. The SMILES string of the molecule is C=C(C)S/C(C)=C(/C)N. The largest absolute Gasteiger partial charge is 0.402 e. The lowest BCUT2D eigenvalue weighted by molar-refractivity contribution is 1.28. The van der Waals surface area contributed by atoms with Gasteiger partial charge in [-0.2, -0.15) is 0 Å². The molecular weight excluding hydrogens is 130 g/mol. The fourth-order valence-electron chi connectivity index (χ4n) is 0.342. The molecule has 2 N–H and O–H groups in total.